The van der Waals surface area contributed by atoms with Crippen molar-refractivity contribution >= 4 is 16.9 Å². The highest BCUT2D eigenvalue weighted by Gasteiger charge is 2.25. The number of benzene rings is 1. The molecule has 1 aliphatic rings. The number of rotatable bonds is 5. The van der Waals surface area contributed by atoms with Crippen molar-refractivity contribution < 1.29 is 4.79 Å². The molecule has 100 valence electrons. The summed E-state index contributed by atoms with van der Waals surface area (Å²) in [5.74, 6) is -0.0271. The zero-order valence-corrected chi connectivity index (χ0v) is 11.0. The first-order valence-corrected chi connectivity index (χ1v) is 6.65. The highest BCUT2D eigenvalue weighted by Crippen LogP contribution is 2.24. The molecule has 5 heteroatoms. The first kappa shape index (κ1) is 12.2. The second-order valence-corrected chi connectivity index (χ2v) is 5.10. The Bertz CT molecular complexity index is 588. The van der Waals surface area contributed by atoms with Gasteiger partial charge in [0.25, 0.3) is 5.91 Å². The number of hydrogen-bond acceptors (Lipinski definition) is 3. The first-order valence-electron chi connectivity index (χ1n) is 6.65. The fourth-order valence-corrected chi connectivity index (χ4v) is 2.22. The van der Waals surface area contributed by atoms with Gasteiger partial charge in [-0.15, -0.1) is 0 Å². The molecule has 1 aromatic heterocycles. The van der Waals surface area contributed by atoms with Gasteiger partial charge >= 0.3 is 0 Å². The minimum atomic E-state index is -0.0271. The number of aromatic amines is 1. The molecule has 0 unspecified atom stereocenters. The van der Waals surface area contributed by atoms with Gasteiger partial charge in [0.15, 0.2) is 0 Å². The van der Waals surface area contributed by atoms with E-state index in [4.69, 9.17) is 0 Å². The molecule has 1 aliphatic carbocycles. The number of nitrogens with zero attached hydrogens (tertiary/aromatic N) is 2. The van der Waals surface area contributed by atoms with Crippen LogP contribution in [0.1, 0.15) is 23.2 Å². The Labute approximate surface area is 112 Å². The van der Waals surface area contributed by atoms with Crippen LogP contribution in [0.5, 0.6) is 0 Å². The molecule has 1 aromatic carbocycles. The van der Waals surface area contributed by atoms with Crippen LogP contribution in [0.4, 0.5) is 0 Å². The second kappa shape index (κ2) is 5.01. The molecule has 0 radical (unpaired) electrons. The molecule has 0 atom stereocenters. The van der Waals surface area contributed by atoms with Crippen molar-refractivity contribution in [3.8, 4) is 0 Å². The maximum absolute atomic E-state index is 12.0. The quantitative estimate of drug-likeness (QED) is 0.852. The SMILES string of the molecule is CN(CCNC(=O)c1ccc2nc[nH]c2c1)C1CC1. The van der Waals surface area contributed by atoms with Crippen molar-refractivity contribution in [2.75, 3.05) is 20.1 Å². The van der Waals surface area contributed by atoms with Crippen LogP contribution in [-0.2, 0) is 0 Å². The average molecular weight is 258 g/mol. The lowest BCUT2D eigenvalue weighted by molar-refractivity contribution is 0.0949. The summed E-state index contributed by atoms with van der Waals surface area (Å²) < 4.78 is 0. The van der Waals surface area contributed by atoms with Gasteiger partial charge in [0.05, 0.1) is 17.4 Å². The van der Waals surface area contributed by atoms with E-state index in [1.807, 2.05) is 18.2 Å². The lowest BCUT2D eigenvalue weighted by Gasteiger charge is -2.15. The number of aromatic nitrogens is 2. The van der Waals surface area contributed by atoms with Crippen LogP contribution in [0.25, 0.3) is 11.0 Å². The van der Waals surface area contributed by atoms with E-state index in [0.29, 0.717) is 12.1 Å². The standard InChI is InChI=1S/C14H18N4O/c1-18(11-3-4-11)7-6-15-14(19)10-2-5-12-13(8-10)17-9-16-12/h2,5,8-9,11H,3-4,6-7H2,1H3,(H,15,19)(H,16,17). The average Bonchev–Trinajstić information content (AvgIpc) is 3.16. The van der Waals surface area contributed by atoms with Gasteiger partial charge in [0.2, 0.25) is 0 Å². The summed E-state index contributed by atoms with van der Waals surface area (Å²) in [5.41, 5.74) is 2.44. The normalized spacial score (nSPS) is 15.1. The van der Waals surface area contributed by atoms with Crippen LogP contribution in [0.3, 0.4) is 0 Å². The minimum absolute atomic E-state index is 0.0271. The predicted octanol–water partition coefficient (Wildman–Crippen LogP) is 1.39. The molecule has 0 spiro atoms. The molecule has 0 saturated heterocycles. The number of likely N-dealkylation sites (N-methyl/N-ethyl adjacent to an activating group) is 1. The number of carbonyl (C=O) groups excluding carboxylic acids is 1. The van der Waals surface area contributed by atoms with E-state index in [9.17, 15) is 4.79 Å². The van der Waals surface area contributed by atoms with Crippen LogP contribution < -0.4 is 5.32 Å². The van der Waals surface area contributed by atoms with E-state index in [0.717, 1.165) is 23.6 Å². The van der Waals surface area contributed by atoms with E-state index in [1.165, 1.54) is 12.8 Å². The maximum Gasteiger partial charge on any atom is 0.251 e. The summed E-state index contributed by atoms with van der Waals surface area (Å²) in [7, 11) is 2.11. The van der Waals surface area contributed by atoms with E-state index >= 15 is 0 Å². The molecule has 0 bridgehead atoms. The van der Waals surface area contributed by atoms with Crippen LogP contribution in [0.15, 0.2) is 24.5 Å². The van der Waals surface area contributed by atoms with Crippen molar-refractivity contribution in [2.24, 2.45) is 0 Å². The molecule has 1 heterocycles. The van der Waals surface area contributed by atoms with E-state index in [1.54, 1.807) is 6.33 Å². The summed E-state index contributed by atoms with van der Waals surface area (Å²) in [6.07, 6.45) is 4.22. The Balaban J connectivity index is 1.56. The Morgan fingerprint density at radius 2 is 2.37 bits per heavy atom. The van der Waals surface area contributed by atoms with Crippen molar-refractivity contribution in [1.82, 2.24) is 20.2 Å². The number of H-pyrrole nitrogens is 1. The van der Waals surface area contributed by atoms with Gasteiger partial charge in [-0.3, -0.25) is 4.79 Å². The van der Waals surface area contributed by atoms with Crippen molar-refractivity contribution in [2.45, 2.75) is 18.9 Å². The van der Waals surface area contributed by atoms with Crippen molar-refractivity contribution in [3.63, 3.8) is 0 Å². The van der Waals surface area contributed by atoms with Gasteiger partial charge in [0.1, 0.15) is 0 Å². The van der Waals surface area contributed by atoms with Gasteiger partial charge in [-0.2, -0.15) is 0 Å². The molecule has 2 N–H and O–H groups in total. The Morgan fingerprint density at radius 1 is 1.53 bits per heavy atom. The molecule has 1 saturated carbocycles. The molecule has 1 amide bonds. The van der Waals surface area contributed by atoms with E-state index in [-0.39, 0.29) is 5.91 Å². The van der Waals surface area contributed by atoms with E-state index in [2.05, 4.69) is 27.2 Å². The molecular formula is C14H18N4O. The zero-order valence-electron chi connectivity index (χ0n) is 11.0. The summed E-state index contributed by atoms with van der Waals surface area (Å²) in [4.78, 5) is 21.5. The molecule has 1 fully saturated rings. The Hall–Kier alpha value is -1.88. The second-order valence-electron chi connectivity index (χ2n) is 5.10. The zero-order chi connectivity index (χ0) is 13.2. The molecule has 3 rings (SSSR count). The number of fused-ring (bicyclic) bond motifs is 1. The monoisotopic (exact) mass is 258 g/mol. The smallest absolute Gasteiger partial charge is 0.251 e. The summed E-state index contributed by atoms with van der Waals surface area (Å²) in [6, 6.07) is 6.24. The van der Waals surface area contributed by atoms with E-state index < -0.39 is 0 Å². The predicted molar refractivity (Wildman–Crippen MR) is 74.1 cm³/mol. The number of amides is 1. The van der Waals surface area contributed by atoms with Crippen LogP contribution in [0.2, 0.25) is 0 Å². The number of carbonyl (C=O) groups is 1. The maximum atomic E-state index is 12.0. The molecule has 19 heavy (non-hydrogen) atoms. The molecular weight excluding hydrogens is 240 g/mol. The van der Waals surface area contributed by atoms with Gasteiger partial charge in [-0.25, -0.2) is 4.98 Å². The lowest BCUT2D eigenvalue weighted by atomic mass is 10.2. The number of nitrogens with one attached hydrogen (secondary N) is 2. The van der Waals surface area contributed by atoms with Crippen LogP contribution in [0, 0.1) is 0 Å². The molecule has 2 aromatic rings. The number of imidazole rings is 1. The van der Waals surface area contributed by atoms with Gasteiger partial charge < -0.3 is 15.2 Å². The van der Waals surface area contributed by atoms with Gasteiger partial charge in [-0.05, 0) is 38.1 Å². The Kier molecular flexibility index (Phi) is 3.21. The summed E-state index contributed by atoms with van der Waals surface area (Å²) in [5, 5.41) is 2.95. The first-order chi connectivity index (χ1) is 9.24. The lowest BCUT2D eigenvalue weighted by Crippen LogP contribution is -2.33. The summed E-state index contributed by atoms with van der Waals surface area (Å²) in [6.45, 7) is 1.59. The van der Waals surface area contributed by atoms with Crippen molar-refractivity contribution in [3.05, 3.63) is 30.1 Å². The largest absolute Gasteiger partial charge is 0.351 e. The molecule has 5 nitrogen and oxygen atoms in total. The third-order valence-electron chi connectivity index (χ3n) is 3.60. The van der Waals surface area contributed by atoms with Gasteiger partial charge in [0, 0.05) is 24.7 Å². The van der Waals surface area contributed by atoms with Crippen molar-refractivity contribution in [1.29, 1.82) is 0 Å². The van der Waals surface area contributed by atoms with Crippen LogP contribution >= 0.6 is 0 Å². The fourth-order valence-electron chi connectivity index (χ4n) is 2.22. The number of hydrogen-bond donors (Lipinski definition) is 2. The highest BCUT2D eigenvalue weighted by atomic mass is 16.1. The third kappa shape index (κ3) is 2.76. The summed E-state index contributed by atoms with van der Waals surface area (Å²) >= 11 is 0. The highest BCUT2D eigenvalue weighted by molar-refractivity contribution is 5.97. The minimum Gasteiger partial charge on any atom is -0.351 e. The topological polar surface area (TPSA) is 61.0 Å². The third-order valence-corrected chi connectivity index (χ3v) is 3.60. The van der Waals surface area contributed by atoms with Crippen LogP contribution in [-0.4, -0.2) is 47.0 Å². The van der Waals surface area contributed by atoms with Gasteiger partial charge in [-0.1, -0.05) is 0 Å². The Morgan fingerprint density at radius 3 is 3.16 bits per heavy atom. The molecule has 0 aliphatic heterocycles. The fraction of sp³-hybridized carbons (Fsp3) is 0.429.